The number of hydrogen-bond acceptors (Lipinski definition) is 19. The number of ether oxygens (including phenoxy) is 7. The first kappa shape index (κ1) is 45.0. The Labute approximate surface area is 315 Å². The predicted octanol–water partition coefficient (Wildman–Crippen LogP) is -7.12. The van der Waals surface area contributed by atoms with Gasteiger partial charge < -0.3 is 95.3 Å². The summed E-state index contributed by atoms with van der Waals surface area (Å²) in [5.41, 5.74) is 0. The maximum Gasteiger partial charge on any atom is 0.217 e. The van der Waals surface area contributed by atoms with Gasteiger partial charge in [-0.05, 0) is 13.8 Å². The third kappa shape index (κ3) is 10.4. The van der Waals surface area contributed by atoms with Crippen LogP contribution in [0.5, 0.6) is 0 Å². The van der Waals surface area contributed by atoms with E-state index in [4.69, 9.17) is 33.2 Å². The Hall–Kier alpha value is -2.72. The van der Waals surface area contributed by atoms with Gasteiger partial charge in [0.1, 0.15) is 85.2 Å². The summed E-state index contributed by atoms with van der Waals surface area (Å²) in [5.74, 6) is -2.54. The second kappa shape index (κ2) is 19.1. The predicted molar refractivity (Wildman–Crippen MR) is 177 cm³/mol. The van der Waals surface area contributed by atoms with E-state index in [0.29, 0.717) is 0 Å². The second-order valence-electron chi connectivity index (χ2n) is 14.1. The van der Waals surface area contributed by atoms with E-state index >= 15 is 0 Å². The van der Waals surface area contributed by atoms with Gasteiger partial charge in [0.15, 0.2) is 25.2 Å². The Kier molecular flexibility index (Phi) is 15.7. The van der Waals surface area contributed by atoms with Gasteiger partial charge in [0.2, 0.25) is 23.6 Å². The Morgan fingerprint density at radius 1 is 0.473 bits per heavy atom. The van der Waals surface area contributed by atoms with E-state index in [1.54, 1.807) is 0 Å². The molecule has 0 bridgehead atoms. The molecule has 0 radical (unpaired) electrons. The molecule has 0 aromatic carbocycles. The van der Waals surface area contributed by atoms with Gasteiger partial charge in [-0.15, -0.1) is 0 Å². The van der Waals surface area contributed by atoms with E-state index in [2.05, 4.69) is 21.3 Å². The SMILES string of the molecule is CC(=O)N[C@@H]1[C@@H](O)[C@H](O[C@@H]2O[C@H](C)[C@@H](O[C@@H]3O[C@H](C)[C@@H](O[C@@H]4O[C@H](CO)[C@@H](O)[C@H](O)[C@H]4NC(C)=O)[C@H](O)[C@H]3NC(C)=O)[C@H](O)[C@H]2NC(C)=O)[C@@H](CO)O[C@H]1O. The number of nitrogens with one attached hydrogen (secondary N) is 4. The van der Waals surface area contributed by atoms with Crippen LogP contribution in [0, 0.1) is 0 Å². The van der Waals surface area contributed by atoms with Crippen LogP contribution in [0.15, 0.2) is 0 Å². The van der Waals surface area contributed by atoms with Crippen LogP contribution in [-0.4, -0.2) is 200 Å². The molecular formula is C32H54N4O19. The summed E-state index contributed by atoms with van der Waals surface area (Å²) in [7, 11) is 0. The van der Waals surface area contributed by atoms with Crippen molar-refractivity contribution in [2.45, 2.75) is 164 Å². The van der Waals surface area contributed by atoms with Gasteiger partial charge in [-0.25, -0.2) is 0 Å². The largest absolute Gasteiger partial charge is 0.394 e. The lowest BCUT2D eigenvalue weighted by molar-refractivity contribution is -0.356. The van der Waals surface area contributed by atoms with Crippen molar-refractivity contribution < 1.29 is 93.2 Å². The monoisotopic (exact) mass is 798 g/mol. The Morgan fingerprint density at radius 2 is 0.818 bits per heavy atom. The summed E-state index contributed by atoms with van der Waals surface area (Å²) < 4.78 is 41.2. The van der Waals surface area contributed by atoms with Gasteiger partial charge in [-0.3, -0.25) is 19.2 Å². The average molecular weight is 799 g/mol. The number of carbonyl (C=O) groups excluding carboxylic acids is 4. The molecule has 0 unspecified atom stereocenters. The van der Waals surface area contributed by atoms with E-state index in [0.717, 1.165) is 27.7 Å². The number of carbonyl (C=O) groups is 4. The first-order valence-corrected chi connectivity index (χ1v) is 17.8. The van der Waals surface area contributed by atoms with E-state index in [1.807, 2.05) is 0 Å². The maximum atomic E-state index is 12.4. The summed E-state index contributed by atoms with van der Waals surface area (Å²) >= 11 is 0. The molecule has 23 heteroatoms. The van der Waals surface area contributed by atoms with E-state index in [1.165, 1.54) is 13.8 Å². The van der Waals surface area contributed by atoms with Gasteiger partial charge in [-0.1, -0.05) is 0 Å². The molecule has 0 spiro atoms. The smallest absolute Gasteiger partial charge is 0.217 e. The summed E-state index contributed by atoms with van der Waals surface area (Å²) in [4.78, 5) is 48.4. The molecule has 12 N–H and O–H groups in total. The molecule has 4 rings (SSSR count). The molecule has 0 saturated carbocycles. The van der Waals surface area contributed by atoms with Gasteiger partial charge in [0.25, 0.3) is 0 Å². The van der Waals surface area contributed by atoms with Crippen LogP contribution in [0.3, 0.4) is 0 Å². The summed E-state index contributed by atoms with van der Waals surface area (Å²) in [6.07, 6.45) is -23.7. The lowest BCUT2D eigenvalue weighted by Gasteiger charge is -2.50. The second-order valence-corrected chi connectivity index (χ2v) is 14.1. The minimum atomic E-state index is -1.72. The first-order valence-electron chi connectivity index (χ1n) is 17.8. The Bertz CT molecular complexity index is 1330. The normalized spacial score (nSPS) is 44.9. The molecule has 4 saturated heterocycles. The third-order valence-electron chi connectivity index (χ3n) is 9.73. The molecule has 20 atom stereocenters. The lowest BCUT2D eigenvalue weighted by atomic mass is 9.93. The molecule has 0 aromatic heterocycles. The topological polar surface area (TPSA) is 343 Å². The van der Waals surface area contributed by atoms with Crippen molar-refractivity contribution in [3.8, 4) is 0 Å². The summed E-state index contributed by atoms with van der Waals surface area (Å²) in [5, 5.41) is 95.2. The van der Waals surface area contributed by atoms with Crippen molar-refractivity contribution in [1.29, 1.82) is 0 Å². The van der Waals surface area contributed by atoms with Gasteiger partial charge in [0, 0.05) is 27.7 Å². The standard InChI is InChI=1S/C32H54N4O19/c1-9-26(25(47)20(36-14(6)42)31(50-9)55-28-16(8-38)51-29(48)17(23(28)45)33-11(3)39)53-30-19(35-13(5)41)24(46)27(10(2)49-30)54-32-18(34-12(4)40)22(44)21(43)15(7-37)52-32/h9-10,15-32,37-38,43-48H,7-8H2,1-6H3,(H,33,39)(H,34,40)(H,35,41)(H,36,42)/t9-,10-,15-,16-,17-,18-,19-,20-,21-,22-,23-,24-,25-,26-,27-,28-,29-,30+,31+,32+/m1/s1. The number of amides is 4. The molecule has 0 aliphatic carbocycles. The van der Waals surface area contributed by atoms with E-state index < -0.39 is 159 Å². The fraction of sp³-hybridized carbons (Fsp3) is 0.875. The van der Waals surface area contributed by atoms with Crippen molar-refractivity contribution in [3.05, 3.63) is 0 Å². The van der Waals surface area contributed by atoms with Crippen LogP contribution in [0.2, 0.25) is 0 Å². The minimum absolute atomic E-state index is 0.618. The number of aliphatic hydroxyl groups excluding tert-OH is 8. The highest BCUT2D eigenvalue weighted by Gasteiger charge is 2.55. The number of hydrogen-bond donors (Lipinski definition) is 12. The molecule has 0 aromatic rings. The maximum absolute atomic E-state index is 12.4. The molecule has 4 aliphatic heterocycles. The molecule has 316 valence electrons. The Morgan fingerprint density at radius 3 is 1.22 bits per heavy atom. The molecule has 4 aliphatic rings. The molecule has 4 heterocycles. The van der Waals surface area contributed by atoms with Crippen molar-refractivity contribution in [2.24, 2.45) is 0 Å². The van der Waals surface area contributed by atoms with Crippen molar-refractivity contribution in [2.75, 3.05) is 13.2 Å². The highest BCUT2D eigenvalue weighted by molar-refractivity contribution is 5.74. The Balaban J connectivity index is 1.56. The van der Waals surface area contributed by atoms with Crippen LogP contribution in [-0.2, 0) is 52.3 Å². The number of aliphatic hydroxyl groups is 8. The van der Waals surface area contributed by atoms with E-state index in [9.17, 15) is 60.0 Å². The average Bonchev–Trinajstić information content (AvgIpc) is 3.09. The number of rotatable bonds is 12. The van der Waals surface area contributed by atoms with Crippen LogP contribution in [0.25, 0.3) is 0 Å². The first-order chi connectivity index (χ1) is 25.8. The molecule has 4 amide bonds. The molecular weight excluding hydrogens is 744 g/mol. The molecule has 23 nitrogen and oxygen atoms in total. The van der Waals surface area contributed by atoms with Crippen LogP contribution in [0.4, 0.5) is 0 Å². The fourth-order valence-electron chi connectivity index (χ4n) is 7.12. The highest BCUT2D eigenvalue weighted by Crippen LogP contribution is 2.34. The zero-order chi connectivity index (χ0) is 41.0. The zero-order valence-corrected chi connectivity index (χ0v) is 31.0. The third-order valence-corrected chi connectivity index (χ3v) is 9.73. The quantitative estimate of drug-likeness (QED) is 0.0872. The fourth-order valence-corrected chi connectivity index (χ4v) is 7.12. The van der Waals surface area contributed by atoms with Gasteiger partial charge >= 0.3 is 0 Å². The molecule has 4 fully saturated rings. The van der Waals surface area contributed by atoms with Crippen LogP contribution in [0.1, 0.15) is 41.5 Å². The summed E-state index contributed by atoms with van der Waals surface area (Å²) in [6.45, 7) is 6.00. The zero-order valence-electron chi connectivity index (χ0n) is 31.0. The minimum Gasteiger partial charge on any atom is -0.394 e. The van der Waals surface area contributed by atoms with Crippen molar-refractivity contribution >= 4 is 23.6 Å². The van der Waals surface area contributed by atoms with Crippen molar-refractivity contribution in [1.82, 2.24) is 21.3 Å². The summed E-state index contributed by atoms with van der Waals surface area (Å²) in [6, 6.07) is -5.62. The lowest BCUT2D eigenvalue weighted by Crippen LogP contribution is -2.71. The van der Waals surface area contributed by atoms with Gasteiger partial charge in [0.05, 0.1) is 25.4 Å². The van der Waals surface area contributed by atoms with E-state index in [-0.39, 0.29) is 0 Å². The van der Waals surface area contributed by atoms with Crippen molar-refractivity contribution in [3.63, 3.8) is 0 Å². The van der Waals surface area contributed by atoms with Crippen LogP contribution >= 0.6 is 0 Å². The molecule has 55 heavy (non-hydrogen) atoms. The van der Waals surface area contributed by atoms with Gasteiger partial charge in [-0.2, -0.15) is 0 Å². The van der Waals surface area contributed by atoms with Crippen LogP contribution < -0.4 is 21.3 Å². The highest BCUT2D eigenvalue weighted by atomic mass is 16.8.